The molecule has 0 aliphatic rings. The van der Waals surface area contributed by atoms with Crippen LogP contribution in [0.15, 0.2) is 58.7 Å². The van der Waals surface area contributed by atoms with Crippen LogP contribution in [0.4, 0.5) is 4.39 Å². The number of carbonyl (C=O) groups excluding carboxylic acids is 1. The number of Topliss-reactive ketones (excluding diaryl/α,β-unsaturated/α-hetero) is 1. The van der Waals surface area contributed by atoms with Crippen molar-refractivity contribution in [3.8, 4) is 11.8 Å². The Kier molecular flexibility index (Phi) is 3.98. The number of hydrogen-bond donors (Lipinski definition) is 1. The highest BCUT2D eigenvalue weighted by Gasteiger charge is 2.18. The first-order valence-corrected chi connectivity index (χ1v) is 8.10. The Hall–Kier alpha value is -3.85. The molecule has 2 aromatic carbocycles. The summed E-state index contributed by atoms with van der Waals surface area (Å²) in [5.74, 6) is 0.0549. The van der Waals surface area contributed by atoms with Gasteiger partial charge in [-0.05, 0) is 30.3 Å². The van der Waals surface area contributed by atoms with Crippen molar-refractivity contribution in [2.24, 2.45) is 0 Å². The van der Waals surface area contributed by atoms with Gasteiger partial charge in [0.2, 0.25) is 5.78 Å². The van der Waals surface area contributed by atoms with Crippen molar-refractivity contribution < 1.29 is 18.3 Å². The Morgan fingerprint density at radius 3 is 2.93 bits per heavy atom. The third-order valence-electron chi connectivity index (χ3n) is 4.29. The third kappa shape index (κ3) is 2.85. The molecule has 4 rings (SSSR count). The van der Waals surface area contributed by atoms with Crippen molar-refractivity contribution in [2.75, 3.05) is 7.11 Å². The molecule has 0 aliphatic heterocycles. The molecular weight excluding hydrogens is 347 g/mol. The number of rotatable bonds is 4. The van der Waals surface area contributed by atoms with Crippen molar-refractivity contribution in [1.29, 1.82) is 5.26 Å². The molecule has 1 N–H and O–H groups in total. The number of aromatic nitrogens is 1. The van der Waals surface area contributed by atoms with Crippen LogP contribution in [0.3, 0.4) is 0 Å². The molecular formula is C21H13FN2O3. The topological polar surface area (TPSA) is 79.0 Å². The van der Waals surface area contributed by atoms with E-state index < -0.39 is 11.6 Å². The Balaban J connectivity index is 1.77. The first kappa shape index (κ1) is 16.6. The van der Waals surface area contributed by atoms with E-state index in [0.29, 0.717) is 33.6 Å². The summed E-state index contributed by atoms with van der Waals surface area (Å²) >= 11 is 0. The lowest BCUT2D eigenvalue weighted by Gasteiger charge is -1.99. The number of para-hydroxylation sites is 1. The van der Waals surface area contributed by atoms with E-state index in [1.807, 2.05) is 18.2 Å². The van der Waals surface area contributed by atoms with Gasteiger partial charge in [-0.2, -0.15) is 5.26 Å². The van der Waals surface area contributed by atoms with Crippen LogP contribution in [-0.4, -0.2) is 17.9 Å². The lowest BCUT2D eigenvalue weighted by Crippen LogP contribution is -2.00. The number of nitriles is 1. The van der Waals surface area contributed by atoms with Crippen LogP contribution in [-0.2, 0) is 0 Å². The van der Waals surface area contributed by atoms with Crippen molar-refractivity contribution in [3.63, 3.8) is 0 Å². The summed E-state index contributed by atoms with van der Waals surface area (Å²) in [5.41, 5.74) is 1.24. The summed E-state index contributed by atoms with van der Waals surface area (Å²) in [6, 6.07) is 13.2. The monoisotopic (exact) mass is 360 g/mol. The van der Waals surface area contributed by atoms with Gasteiger partial charge in [-0.15, -0.1) is 0 Å². The van der Waals surface area contributed by atoms with Crippen LogP contribution in [0.1, 0.15) is 16.1 Å². The summed E-state index contributed by atoms with van der Waals surface area (Å²) < 4.78 is 24.3. The molecule has 0 amide bonds. The molecule has 0 bridgehead atoms. The van der Waals surface area contributed by atoms with E-state index in [-0.39, 0.29) is 5.57 Å². The zero-order chi connectivity index (χ0) is 19.0. The molecule has 4 aromatic rings. The maximum atomic E-state index is 13.3. The molecule has 5 nitrogen and oxygen atoms in total. The summed E-state index contributed by atoms with van der Waals surface area (Å²) in [6.07, 6.45) is 2.86. The van der Waals surface area contributed by atoms with Gasteiger partial charge in [0.25, 0.3) is 0 Å². The molecule has 0 saturated carbocycles. The molecule has 0 saturated heterocycles. The Bertz CT molecular complexity index is 1260. The van der Waals surface area contributed by atoms with Crippen LogP contribution in [0.5, 0.6) is 5.75 Å². The van der Waals surface area contributed by atoms with Crippen molar-refractivity contribution >= 4 is 33.7 Å². The van der Waals surface area contributed by atoms with Crippen LogP contribution >= 0.6 is 0 Å². The fourth-order valence-corrected chi connectivity index (χ4v) is 3.01. The smallest absolute Gasteiger partial charge is 0.205 e. The second-order valence-corrected chi connectivity index (χ2v) is 5.92. The summed E-state index contributed by atoms with van der Waals surface area (Å²) in [5, 5.41) is 10.8. The van der Waals surface area contributed by atoms with Gasteiger partial charge < -0.3 is 14.1 Å². The van der Waals surface area contributed by atoms with Crippen LogP contribution in [0.25, 0.3) is 27.9 Å². The van der Waals surface area contributed by atoms with Crippen LogP contribution in [0, 0.1) is 17.1 Å². The average Bonchev–Trinajstić information content (AvgIpc) is 3.28. The van der Waals surface area contributed by atoms with Crippen molar-refractivity contribution in [2.45, 2.75) is 0 Å². The first-order valence-electron chi connectivity index (χ1n) is 8.10. The number of halogens is 1. The van der Waals surface area contributed by atoms with Gasteiger partial charge in [-0.1, -0.05) is 12.1 Å². The van der Waals surface area contributed by atoms with E-state index in [1.165, 1.54) is 37.6 Å². The predicted octanol–water partition coefficient (Wildman–Crippen LogP) is 4.85. The highest BCUT2D eigenvalue weighted by Crippen LogP contribution is 2.30. The molecule has 0 radical (unpaired) electrons. The minimum absolute atomic E-state index is 0.0850. The minimum atomic E-state index is -0.470. The second-order valence-electron chi connectivity index (χ2n) is 5.92. The number of benzene rings is 2. The molecule has 0 fully saturated rings. The van der Waals surface area contributed by atoms with Gasteiger partial charge in [0.1, 0.15) is 23.2 Å². The van der Waals surface area contributed by atoms with Gasteiger partial charge in [0, 0.05) is 34.1 Å². The van der Waals surface area contributed by atoms with E-state index in [1.54, 1.807) is 12.1 Å². The van der Waals surface area contributed by atoms with Gasteiger partial charge in [-0.3, -0.25) is 4.79 Å². The molecule has 2 heterocycles. The van der Waals surface area contributed by atoms with E-state index in [9.17, 15) is 14.4 Å². The molecule has 0 spiro atoms. The van der Waals surface area contributed by atoms with E-state index in [2.05, 4.69) is 4.98 Å². The minimum Gasteiger partial charge on any atom is -0.493 e. The molecule has 2 aromatic heterocycles. The van der Waals surface area contributed by atoms with Crippen LogP contribution in [0.2, 0.25) is 0 Å². The first-order chi connectivity index (χ1) is 13.1. The lowest BCUT2D eigenvalue weighted by molar-refractivity contribution is 0.104. The summed E-state index contributed by atoms with van der Waals surface area (Å²) in [6.45, 7) is 0. The van der Waals surface area contributed by atoms with Gasteiger partial charge in [0.05, 0.1) is 7.11 Å². The summed E-state index contributed by atoms with van der Waals surface area (Å²) in [7, 11) is 1.54. The number of fused-ring (bicyclic) bond motifs is 2. The molecule has 0 unspecified atom stereocenters. The molecule has 0 atom stereocenters. The number of furan rings is 1. The van der Waals surface area contributed by atoms with Gasteiger partial charge in [0.15, 0.2) is 11.3 Å². The zero-order valence-corrected chi connectivity index (χ0v) is 14.2. The number of aromatic amines is 1. The zero-order valence-electron chi connectivity index (χ0n) is 14.2. The molecule has 6 heteroatoms. The quantitative estimate of drug-likeness (QED) is 0.320. The second kappa shape index (κ2) is 6.46. The maximum absolute atomic E-state index is 13.3. The average molecular weight is 360 g/mol. The Morgan fingerprint density at radius 1 is 1.30 bits per heavy atom. The number of ketones is 1. The fraction of sp³-hybridized carbons (Fsp3) is 0.0476. The van der Waals surface area contributed by atoms with E-state index >= 15 is 0 Å². The number of hydrogen-bond acceptors (Lipinski definition) is 4. The number of nitrogens with zero attached hydrogens (tertiary/aromatic N) is 1. The standard InChI is InChI=1S/C21H13FN2O3/c1-26-19-4-2-3-12-7-15(27-21(12)19)8-13(10-23)20(25)17-11-24-18-9-14(22)5-6-16(17)18/h2-9,11,24H,1H3. The van der Waals surface area contributed by atoms with Crippen LogP contribution < -0.4 is 4.74 Å². The molecule has 0 aliphatic carbocycles. The predicted molar refractivity (Wildman–Crippen MR) is 98.9 cm³/mol. The normalized spacial score (nSPS) is 11.7. The Labute approximate surface area is 153 Å². The van der Waals surface area contributed by atoms with Gasteiger partial charge in [-0.25, -0.2) is 4.39 Å². The lowest BCUT2D eigenvalue weighted by atomic mass is 10.0. The Morgan fingerprint density at radius 2 is 2.15 bits per heavy atom. The van der Waals surface area contributed by atoms with E-state index in [0.717, 1.165) is 5.39 Å². The SMILES string of the molecule is COc1cccc2cc(C=C(C#N)C(=O)c3c[nH]c4cc(F)ccc34)oc12. The summed E-state index contributed by atoms with van der Waals surface area (Å²) in [4.78, 5) is 15.7. The highest BCUT2D eigenvalue weighted by molar-refractivity contribution is 6.19. The third-order valence-corrected chi connectivity index (χ3v) is 4.29. The molecule has 27 heavy (non-hydrogen) atoms. The number of methoxy groups -OCH3 is 1. The number of ether oxygens (including phenoxy) is 1. The number of carbonyl (C=O) groups is 1. The van der Waals surface area contributed by atoms with Crippen molar-refractivity contribution in [3.05, 3.63) is 71.4 Å². The number of nitrogens with one attached hydrogen (secondary N) is 1. The van der Waals surface area contributed by atoms with E-state index in [4.69, 9.17) is 9.15 Å². The number of H-pyrrole nitrogens is 1. The molecule has 132 valence electrons. The maximum Gasteiger partial charge on any atom is 0.205 e. The number of allylic oxidation sites excluding steroid dienone is 1. The van der Waals surface area contributed by atoms with Crippen molar-refractivity contribution in [1.82, 2.24) is 4.98 Å². The fourth-order valence-electron chi connectivity index (χ4n) is 3.01. The highest BCUT2D eigenvalue weighted by atomic mass is 19.1. The largest absolute Gasteiger partial charge is 0.493 e. The van der Waals surface area contributed by atoms with Gasteiger partial charge >= 0.3 is 0 Å².